The summed E-state index contributed by atoms with van der Waals surface area (Å²) in [5.74, 6) is -1.10. The van der Waals surface area contributed by atoms with Crippen LogP contribution in [0.3, 0.4) is 0 Å². The molecule has 1 amide bonds. The molecule has 11 nitrogen and oxygen atoms in total. The van der Waals surface area contributed by atoms with Crippen LogP contribution in [0.25, 0.3) is 16.7 Å². The lowest BCUT2D eigenvalue weighted by Crippen LogP contribution is -2.30. The van der Waals surface area contributed by atoms with Gasteiger partial charge in [-0.2, -0.15) is 13.5 Å². The molecule has 0 spiro atoms. The molecule has 2 aliphatic rings. The van der Waals surface area contributed by atoms with Gasteiger partial charge in [0.25, 0.3) is 21.6 Å². The van der Waals surface area contributed by atoms with Crippen molar-refractivity contribution in [2.75, 3.05) is 17.2 Å². The number of hydrogen-bond acceptors (Lipinski definition) is 12. The molecular weight excluding hydrogens is 595 g/mol. The highest BCUT2D eigenvalue weighted by Crippen LogP contribution is 2.46. The van der Waals surface area contributed by atoms with Gasteiger partial charge in [0.15, 0.2) is 4.32 Å². The van der Waals surface area contributed by atoms with Crippen LogP contribution in [0.4, 0.5) is 5.69 Å². The predicted octanol–water partition coefficient (Wildman–Crippen LogP) is 2.48. The number of thiazole rings is 1. The van der Waals surface area contributed by atoms with E-state index in [-0.39, 0.29) is 26.1 Å². The van der Waals surface area contributed by atoms with Crippen LogP contribution in [0.2, 0.25) is 0 Å². The lowest BCUT2D eigenvalue weighted by Gasteiger charge is -2.20. The number of hydroxylamine groups is 2. The second-order valence-corrected chi connectivity index (χ2v) is 13.3. The molecule has 1 saturated heterocycles. The number of allylic oxidation sites excluding steroid dienone is 1. The van der Waals surface area contributed by atoms with E-state index in [1.54, 1.807) is 6.92 Å². The fourth-order valence-electron chi connectivity index (χ4n) is 3.70. The van der Waals surface area contributed by atoms with Crippen LogP contribution in [-0.2, 0) is 19.8 Å². The van der Waals surface area contributed by atoms with Crippen molar-refractivity contribution in [1.29, 1.82) is 0 Å². The first-order chi connectivity index (χ1) is 18.0. The largest absolute Gasteiger partial charge is 0.347 e. The highest BCUT2D eigenvalue weighted by atomic mass is 32.2. The molecule has 0 radical (unpaired) electrons. The van der Waals surface area contributed by atoms with Crippen molar-refractivity contribution in [1.82, 2.24) is 9.63 Å². The van der Waals surface area contributed by atoms with Crippen LogP contribution in [0, 0.1) is 0 Å². The van der Waals surface area contributed by atoms with Gasteiger partial charge in [-0.15, -0.1) is 11.3 Å². The monoisotopic (exact) mass is 615 g/mol. The summed E-state index contributed by atoms with van der Waals surface area (Å²) < 4.78 is 32.8. The molecule has 1 aromatic heterocycles. The summed E-state index contributed by atoms with van der Waals surface area (Å²) in [6, 6.07) is 7.71. The fourth-order valence-corrected chi connectivity index (χ4v) is 7.77. The molecule has 3 heterocycles. The number of thiocarbonyl (C=S) groups is 1. The number of thioether (sulfide) groups is 2. The van der Waals surface area contributed by atoms with Gasteiger partial charge in [-0.3, -0.25) is 23.9 Å². The van der Waals surface area contributed by atoms with Gasteiger partial charge in [-0.25, -0.2) is 5.26 Å². The molecule has 0 unspecified atom stereocenters. The van der Waals surface area contributed by atoms with E-state index in [1.165, 1.54) is 11.8 Å². The third-order valence-corrected chi connectivity index (χ3v) is 10.1. The van der Waals surface area contributed by atoms with E-state index in [0.29, 0.717) is 28.1 Å². The maximum atomic E-state index is 13.3. The molecule has 1 fully saturated rings. The zero-order valence-electron chi connectivity index (χ0n) is 19.6. The maximum absolute atomic E-state index is 13.3. The highest BCUT2D eigenvalue weighted by Gasteiger charge is 2.33. The van der Waals surface area contributed by atoms with Crippen molar-refractivity contribution in [3.63, 3.8) is 0 Å². The Balaban J connectivity index is 1.79. The van der Waals surface area contributed by atoms with Crippen LogP contribution < -0.4 is 19.7 Å². The zero-order chi connectivity index (χ0) is 27.6. The summed E-state index contributed by atoms with van der Waals surface area (Å²) in [4.78, 5) is 32.9. The van der Waals surface area contributed by atoms with Crippen LogP contribution in [0.1, 0.15) is 19.8 Å². The van der Waals surface area contributed by atoms with Crippen LogP contribution in [0.15, 0.2) is 51.3 Å². The van der Waals surface area contributed by atoms with Gasteiger partial charge in [0.2, 0.25) is 0 Å². The molecule has 2 aromatic rings. The summed E-state index contributed by atoms with van der Waals surface area (Å²) in [7, 11) is -4.04. The number of para-hydroxylation sites is 1. The molecule has 4 rings (SSSR count). The summed E-state index contributed by atoms with van der Waals surface area (Å²) in [5, 5.41) is 19.7. The third kappa shape index (κ3) is 6.07. The van der Waals surface area contributed by atoms with Gasteiger partial charge in [-0.1, -0.05) is 23.9 Å². The molecule has 0 bridgehead atoms. The van der Waals surface area contributed by atoms with Gasteiger partial charge < -0.3 is 9.79 Å². The number of amides is 1. The molecule has 0 aliphatic carbocycles. The number of carbonyl (C=O) groups excluding carboxylic acids is 1. The van der Waals surface area contributed by atoms with E-state index >= 15 is 0 Å². The molecule has 2 aliphatic heterocycles. The van der Waals surface area contributed by atoms with E-state index in [9.17, 15) is 23.2 Å². The third-order valence-electron chi connectivity index (χ3n) is 5.41. The van der Waals surface area contributed by atoms with E-state index in [2.05, 4.69) is 4.89 Å². The Morgan fingerprint density at radius 1 is 1.18 bits per heavy atom. The molecule has 0 atom stereocenters. The molecule has 202 valence electrons. The quantitative estimate of drug-likeness (QED) is 0.0762. The predicted molar refractivity (Wildman–Crippen MR) is 152 cm³/mol. The minimum absolute atomic E-state index is 0.0528. The number of anilines is 1. The Morgan fingerprint density at radius 2 is 1.92 bits per heavy atom. The summed E-state index contributed by atoms with van der Waals surface area (Å²) in [5.41, 5.74) is 1.06. The van der Waals surface area contributed by atoms with E-state index < -0.39 is 21.6 Å². The molecular formula is C22H21N3O8S5. The Kier molecular flexibility index (Phi) is 8.83. The van der Waals surface area contributed by atoms with E-state index in [1.807, 2.05) is 35.2 Å². The highest BCUT2D eigenvalue weighted by molar-refractivity contribution is 8.30. The van der Waals surface area contributed by atoms with Gasteiger partial charge in [-0.05, 0) is 67.5 Å². The normalized spacial score (nSPS) is 19.2. The SMILES string of the molecule is CC(/C=C1\Sc2ccccc2N1CCCCS(=O)(=O)O)=c1\s/c(=C2/SC(=S)N(O)C2=O)n(/C=C\OO)c1=O. The molecule has 1 aromatic carbocycles. The van der Waals surface area contributed by atoms with Crippen molar-refractivity contribution >= 4 is 89.8 Å². The number of hydrogen-bond donors (Lipinski definition) is 3. The van der Waals surface area contributed by atoms with Gasteiger partial charge in [0, 0.05) is 11.4 Å². The molecule has 3 N–H and O–H groups in total. The Morgan fingerprint density at radius 3 is 2.58 bits per heavy atom. The number of fused-ring (bicyclic) bond motifs is 1. The minimum atomic E-state index is -4.04. The zero-order valence-corrected chi connectivity index (χ0v) is 23.7. The number of unbranched alkanes of at least 4 members (excludes halogenated alkanes) is 1. The Labute approximate surface area is 234 Å². The molecule has 16 heteroatoms. The first-order valence-corrected chi connectivity index (χ1v) is 15.4. The molecule has 38 heavy (non-hydrogen) atoms. The van der Waals surface area contributed by atoms with Crippen molar-refractivity contribution in [2.24, 2.45) is 0 Å². The number of benzene rings is 1. The first-order valence-electron chi connectivity index (χ1n) is 10.9. The van der Waals surface area contributed by atoms with Crippen molar-refractivity contribution < 1.29 is 33.1 Å². The second kappa shape index (κ2) is 11.7. The fraction of sp³-hybridized carbons (Fsp3) is 0.227. The number of aromatic nitrogens is 1. The van der Waals surface area contributed by atoms with Crippen molar-refractivity contribution in [3.05, 3.63) is 61.2 Å². The van der Waals surface area contributed by atoms with Crippen LogP contribution in [-0.4, -0.2) is 55.6 Å². The van der Waals surface area contributed by atoms with Gasteiger partial charge in [0.1, 0.15) is 15.8 Å². The summed E-state index contributed by atoms with van der Waals surface area (Å²) in [6.45, 7) is 2.24. The Hall–Kier alpha value is -2.44. The minimum Gasteiger partial charge on any atom is -0.347 e. The number of carbonyl (C=O) groups is 1. The lowest BCUT2D eigenvalue weighted by molar-refractivity contribution is -0.185. The second-order valence-electron chi connectivity index (χ2n) is 8.00. The van der Waals surface area contributed by atoms with Crippen LogP contribution >= 0.6 is 47.1 Å². The smallest absolute Gasteiger partial charge is 0.293 e. The average Bonchev–Trinajstić information content (AvgIpc) is 3.46. The lowest BCUT2D eigenvalue weighted by atomic mass is 10.2. The number of nitrogens with zero attached hydrogens (tertiary/aromatic N) is 3. The van der Waals surface area contributed by atoms with Gasteiger partial charge >= 0.3 is 0 Å². The average molecular weight is 616 g/mol. The summed E-state index contributed by atoms with van der Waals surface area (Å²) >= 11 is 8.35. The maximum Gasteiger partial charge on any atom is 0.293 e. The summed E-state index contributed by atoms with van der Waals surface area (Å²) in [6.07, 6.45) is 4.64. The topological polar surface area (TPSA) is 150 Å². The van der Waals surface area contributed by atoms with Crippen molar-refractivity contribution in [3.8, 4) is 0 Å². The first kappa shape index (κ1) is 28.6. The van der Waals surface area contributed by atoms with Crippen molar-refractivity contribution in [2.45, 2.75) is 24.7 Å². The van der Waals surface area contributed by atoms with E-state index in [0.717, 1.165) is 55.7 Å². The standard InChI is InChI=1S/C22H21N3O8S5/c1-13(12-16-23(8-4-5-11-38(30,31)32)14-6-2-3-7-15(14)35-16)17-19(26)24(9-10-33-29)21(36-17)18-20(27)25(28)22(34)37-18/h2-3,6-7,9-10,12,28-29H,4-5,8,11H2,1H3,(H,30,31,32)/b10-9-,16-12-,17-13+,21-18+. The van der Waals surface area contributed by atoms with E-state index in [4.69, 9.17) is 22.0 Å². The van der Waals surface area contributed by atoms with Crippen LogP contribution in [0.5, 0.6) is 0 Å². The number of rotatable bonds is 8. The van der Waals surface area contributed by atoms with Gasteiger partial charge in [0.05, 0.1) is 27.2 Å². The Bertz CT molecular complexity index is 1640. The molecule has 0 saturated carbocycles.